The summed E-state index contributed by atoms with van der Waals surface area (Å²) in [5.74, 6) is 0. The number of sulfone groups is 1. The third-order valence-corrected chi connectivity index (χ3v) is 6.77. The van der Waals surface area contributed by atoms with Crippen molar-refractivity contribution in [2.24, 2.45) is 12.8 Å². The van der Waals surface area contributed by atoms with Gasteiger partial charge in [0.15, 0.2) is 0 Å². The third-order valence-electron chi connectivity index (χ3n) is 3.55. The zero-order valence-electron chi connectivity index (χ0n) is 13.4. The van der Waals surface area contributed by atoms with E-state index >= 15 is 0 Å². The first-order chi connectivity index (χ1) is 12.1. The number of aromatic nitrogens is 3. The molecule has 138 valence electrons. The monoisotopic (exact) mass is 402 g/mol. The smallest absolute Gasteiger partial charge is 0.325 e. The zero-order valence-corrected chi connectivity index (χ0v) is 15.0. The van der Waals surface area contributed by atoms with Crippen molar-refractivity contribution in [3.63, 3.8) is 0 Å². The van der Waals surface area contributed by atoms with Crippen LogP contribution in [-0.2, 0) is 29.6 Å². The van der Waals surface area contributed by atoms with E-state index in [9.17, 15) is 21.6 Å². The molecule has 1 aromatic carbocycles. The standard InChI is InChI=1S/C15H13F3N4O2S2/c1-22-8-10(6-21-22)9-2-11(15(16,17)18)4-12(3-9)26(23,24)14-7-20-13(5-19)25-14/h2-4,6-8H,5,19H2,1H3. The Morgan fingerprint density at radius 1 is 1.19 bits per heavy atom. The second kappa shape index (κ2) is 6.49. The number of nitrogens with two attached hydrogens (primary N) is 1. The first-order valence-electron chi connectivity index (χ1n) is 7.22. The van der Waals surface area contributed by atoms with Gasteiger partial charge in [-0.25, -0.2) is 13.4 Å². The summed E-state index contributed by atoms with van der Waals surface area (Å²) >= 11 is 0.832. The largest absolute Gasteiger partial charge is 0.416 e. The predicted octanol–water partition coefficient (Wildman–Crippen LogP) is 2.85. The molecule has 0 saturated carbocycles. The van der Waals surface area contributed by atoms with Crippen LogP contribution in [0.25, 0.3) is 11.1 Å². The van der Waals surface area contributed by atoms with Gasteiger partial charge in [0.1, 0.15) is 9.22 Å². The van der Waals surface area contributed by atoms with E-state index in [1.165, 1.54) is 23.1 Å². The van der Waals surface area contributed by atoms with Crippen LogP contribution >= 0.6 is 11.3 Å². The summed E-state index contributed by atoms with van der Waals surface area (Å²) in [7, 11) is -2.55. The van der Waals surface area contributed by atoms with E-state index < -0.39 is 26.5 Å². The first kappa shape index (κ1) is 18.5. The number of halogens is 3. The summed E-state index contributed by atoms with van der Waals surface area (Å²) in [6, 6.07) is 2.72. The lowest BCUT2D eigenvalue weighted by atomic mass is 10.1. The van der Waals surface area contributed by atoms with E-state index in [0.717, 1.165) is 23.6 Å². The Bertz CT molecular complexity index is 1060. The van der Waals surface area contributed by atoms with Crippen molar-refractivity contribution < 1.29 is 21.6 Å². The van der Waals surface area contributed by atoms with E-state index in [2.05, 4.69) is 10.1 Å². The van der Waals surface area contributed by atoms with Crippen LogP contribution in [0.2, 0.25) is 0 Å². The molecule has 2 heterocycles. The second-order valence-corrected chi connectivity index (χ2v) is 8.72. The number of hydrogen-bond acceptors (Lipinski definition) is 6. The lowest BCUT2D eigenvalue weighted by molar-refractivity contribution is -0.137. The molecule has 0 aliphatic carbocycles. The van der Waals surface area contributed by atoms with Gasteiger partial charge in [-0.3, -0.25) is 4.68 Å². The van der Waals surface area contributed by atoms with Crippen molar-refractivity contribution in [2.45, 2.75) is 21.8 Å². The molecule has 0 aliphatic rings. The van der Waals surface area contributed by atoms with Crippen LogP contribution in [0.3, 0.4) is 0 Å². The molecule has 3 aromatic rings. The lowest BCUT2D eigenvalue weighted by Crippen LogP contribution is -2.08. The molecule has 11 heteroatoms. The predicted molar refractivity (Wildman–Crippen MR) is 89.1 cm³/mol. The molecule has 0 bridgehead atoms. The zero-order chi connectivity index (χ0) is 19.1. The highest BCUT2D eigenvalue weighted by molar-refractivity contribution is 7.93. The SMILES string of the molecule is Cn1cc(-c2cc(C(F)(F)F)cc(S(=O)(=O)c3cnc(CN)s3)c2)cn1. The van der Waals surface area contributed by atoms with Gasteiger partial charge >= 0.3 is 6.18 Å². The summed E-state index contributed by atoms with van der Waals surface area (Å²) in [4.78, 5) is 3.40. The molecule has 26 heavy (non-hydrogen) atoms. The van der Waals surface area contributed by atoms with Gasteiger partial charge in [0, 0.05) is 25.4 Å². The fourth-order valence-corrected chi connectivity index (χ4v) is 4.81. The van der Waals surface area contributed by atoms with Gasteiger partial charge in [-0.05, 0) is 23.8 Å². The minimum Gasteiger partial charge on any atom is -0.325 e. The van der Waals surface area contributed by atoms with E-state index in [0.29, 0.717) is 16.6 Å². The molecule has 3 rings (SSSR count). The van der Waals surface area contributed by atoms with Crippen LogP contribution in [0.15, 0.2) is 45.9 Å². The number of alkyl halides is 3. The number of hydrogen-bond donors (Lipinski definition) is 1. The van der Waals surface area contributed by atoms with E-state index in [4.69, 9.17) is 5.73 Å². The van der Waals surface area contributed by atoms with Crippen LogP contribution < -0.4 is 5.73 Å². The van der Waals surface area contributed by atoms with Gasteiger partial charge < -0.3 is 5.73 Å². The molecule has 0 amide bonds. The van der Waals surface area contributed by atoms with Crippen molar-refractivity contribution >= 4 is 21.2 Å². The number of benzene rings is 1. The molecule has 0 atom stereocenters. The minimum absolute atomic E-state index is 0.0453. The Morgan fingerprint density at radius 3 is 2.46 bits per heavy atom. The molecule has 2 aromatic heterocycles. The fraction of sp³-hybridized carbons (Fsp3) is 0.200. The summed E-state index contributed by atoms with van der Waals surface area (Å²) in [6.45, 7) is 0.0453. The maximum atomic E-state index is 13.3. The molecule has 0 radical (unpaired) electrons. The summed E-state index contributed by atoms with van der Waals surface area (Å²) in [5.41, 5.74) is 4.85. The maximum Gasteiger partial charge on any atom is 0.416 e. The second-order valence-electron chi connectivity index (χ2n) is 5.43. The van der Waals surface area contributed by atoms with Gasteiger partial charge in [0.25, 0.3) is 0 Å². The molecule has 6 nitrogen and oxygen atoms in total. The number of nitrogens with zero attached hydrogens (tertiary/aromatic N) is 3. The topological polar surface area (TPSA) is 90.9 Å². The highest BCUT2D eigenvalue weighted by atomic mass is 32.2. The first-order valence-corrected chi connectivity index (χ1v) is 9.52. The fourth-order valence-electron chi connectivity index (χ4n) is 2.28. The van der Waals surface area contributed by atoms with E-state index in [-0.39, 0.29) is 16.3 Å². The molecular weight excluding hydrogens is 389 g/mol. The summed E-state index contributed by atoms with van der Waals surface area (Å²) in [6.07, 6.45) is -0.721. The molecular formula is C15H13F3N4O2S2. The Labute approximate surface area is 151 Å². The molecule has 0 unspecified atom stereocenters. The van der Waals surface area contributed by atoms with Crippen LogP contribution in [0.1, 0.15) is 10.6 Å². The van der Waals surface area contributed by atoms with Crippen molar-refractivity contribution in [3.05, 3.63) is 47.4 Å². The molecule has 2 N–H and O–H groups in total. The van der Waals surface area contributed by atoms with Crippen molar-refractivity contribution in [2.75, 3.05) is 0 Å². The number of thiazole rings is 1. The normalized spacial score (nSPS) is 12.5. The Balaban J connectivity index is 2.20. The summed E-state index contributed by atoms with van der Waals surface area (Å²) < 4.78 is 66.6. The highest BCUT2D eigenvalue weighted by Crippen LogP contribution is 2.36. The highest BCUT2D eigenvalue weighted by Gasteiger charge is 2.33. The van der Waals surface area contributed by atoms with Gasteiger partial charge in [0.2, 0.25) is 9.84 Å². The molecule has 0 fully saturated rings. The van der Waals surface area contributed by atoms with Gasteiger partial charge in [-0.2, -0.15) is 18.3 Å². The van der Waals surface area contributed by atoms with Crippen LogP contribution in [0, 0.1) is 0 Å². The van der Waals surface area contributed by atoms with Gasteiger partial charge in [-0.1, -0.05) is 0 Å². The third kappa shape index (κ3) is 3.50. The number of rotatable bonds is 4. The summed E-state index contributed by atoms with van der Waals surface area (Å²) in [5, 5.41) is 4.29. The molecule has 0 saturated heterocycles. The van der Waals surface area contributed by atoms with Crippen LogP contribution in [0.5, 0.6) is 0 Å². The Hall–Kier alpha value is -2.24. The van der Waals surface area contributed by atoms with Gasteiger partial charge in [-0.15, -0.1) is 11.3 Å². The number of aryl methyl sites for hydroxylation is 1. The van der Waals surface area contributed by atoms with Crippen molar-refractivity contribution in [1.82, 2.24) is 14.8 Å². The molecule has 0 aliphatic heterocycles. The molecule has 0 spiro atoms. The van der Waals surface area contributed by atoms with Crippen molar-refractivity contribution in [1.29, 1.82) is 0 Å². The Kier molecular flexibility index (Phi) is 4.63. The average molecular weight is 402 g/mol. The Morgan fingerprint density at radius 2 is 1.92 bits per heavy atom. The van der Waals surface area contributed by atoms with Crippen LogP contribution in [0.4, 0.5) is 13.2 Å². The van der Waals surface area contributed by atoms with Crippen molar-refractivity contribution in [3.8, 4) is 11.1 Å². The van der Waals surface area contributed by atoms with Crippen LogP contribution in [-0.4, -0.2) is 23.2 Å². The van der Waals surface area contributed by atoms with E-state index in [1.807, 2.05) is 0 Å². The van der Waals surface area contributed by atoms with Gasteiger partial charge in [0.05, 0.1) is 22.9 Å². The van der Waals surface area contributed by atoms with E-state index in [1.54, 1.807) is 7.05 Å². The maximum absolute atomic E-state index is 13.3. The minimum atomic E-state index is -4.70. The quantitative estimate of drug-likeness (QED) is 0.725. The lowest BCUT2D eigenvalue weighted by Gasteiger charge is -2.11. The average Bonchev–Trinajstić information content (AvgIpc) is 3.22.